The van der Waals surface area contributed by atoms with Crippen molar-refractivity contribution in [3.05, 3.63) is 41.5 Å². The van der Waals surface area contributed by atoms with E-state index in [1.54, 1.807) is 0 Å². The Labute approximate surface area is 110 Å². The molecule has 6 heteroatoms. The molecule has 100 valence electrons. The molecule has 2 heterocycles. The van der Waals surface area contributed by atoms with E-state index in [0.29, 0.717) is 0 Å². The molecule has 2 aromatic heterocycles. The van der Waals surface area contributed by atoms with Crippen LogP contribution in [0.25, 0.3) is 0 Å². The lowest BCUT2D eigenvalue weighted by Crippen LogP contribution is -2.08. The Morgan fingerprint density at radius 2 is 2.32 bits per heavy atom. The number of nitrogens with zero attached hydrogens (tertiary/aromatic N) is 3. The Kier molecular flexibility index (Phi) is 3.79. The summed E-state index contributed by atoms with van der Waals surface area (Å²) in [5.74, 6) is -0.769. The number of aromatic carboxylic acids is 1. The maximum absolute atomic E-state index is 11.0. The van der Waals surface area contributed by atoms with Gasteiger partial charge in [-0.3, -0.25) is 9.67 Å². The van der Waals surface area contributed by atoms with Gasteiger partial charge in [0.15, 0.2) is 5.75 Å². The van der Waals surface area contributed by atoms with Gasteiger partial charge in [-0.1, -0.05) is 0 Å². The van der Waals surface area contributed by atoms with Crippen molar-refractivity contribution in [1.29, 1.82) is 0 Å². The molecule has 0 aliphatic carbocycles. The van der Waals surface area contributed by atoms with Crippen LogP contribution in [-0.4, -0.2) is 25.8 Å². The molecule has 0 saturated carbocycles. The predicted octanol–water partition coefficient (Wildman–Crippen LogP) is 1.88. The molecule has 2 rings (SSSR count). The zero-order valence-electron chi connectivity index (χ0n) is 10.8. The summed E-state index contributed by atoms with van der Waals surface area (Å²) in [6.07, 6.45) is 2.83. The summed E-state index contributed by atoms with van der Waals surface area (Å²) in [5.41, 5.74) is 1.92. The van der Waals surface area contributed by atoms with E-state index in [1.807, 2.05) is 24.6 Å². The van der Waals surface area contributed by atoms with E-state index in [4.69, 9.17) is 9.84 Å². The minimum Gasteiger partial charge on any atom is -0.485 e. The highest BCUT2D eigenvalue weighted by molar-refractivity contribution is 5.90. The minimum atomic E-state index is -1.03. The molecular formula is C13H15N3O3. The van der Waals surface area contributed by atoms with Crippen molar-refractivity contribution >= 4 is 5.97 Å². The highest BCUT2D eigenvalue weighted by Gasteiger charge is 2.12. The number of aryl methyl sites for hydroxylation is 2. The number of rotatable bonds is 5. The maximum Gasteiger partial charge on any atom is 0.339 e. The van der Waals surface area contributed by atoms with Crippen LogP contribution in [0.2, 0.25) is 0 Å². The monoisotopic (exact) mass is 261 g/mol. The second-order valence-electron chi connectivity index (χ2n) is 4.06. The first kappa shape index (κ1) is 13.1. The Morgan fingerprint density at radius 1 is 1.53 bits per heavy atom. The molecule has 0 radical (unpaired) electrons. The van der Waals surface area contributed by atoms with Gasteiger partial charge < -0.3 is 9.84 Å². The van der Waals surface area contributed by atoms with Crippen LogP contribution in [0.3, 0.4) is 0 Å². The number of ether oxygens (including phenoxy) is 1. The topological polar surface area (TPSA) is 77.2 Å². The standard InChI is InChI=1S/C13H15N3O3/c1-3-16-10(6-9(2)15-16)8-19-12-7-14-5-4-11(12)13(17)18/h4-7H,3,8H2,1-2H3,(H,17,18). The van der Waals surface area contributed by atoms with Gasteiger partial charge in [-0.2, -0.15) is 5.10 Å². The van der Waals surface area contributed by atoms with E-state index >= 15 is 0 Å². The van der Waals surface area contributed by atoms with Crippen LogP contribution >= 0.6 is 0 Å². The van der Waals surface area contributed by atoms with Crippen LogP contribution in [0.1, 0.15) is 28.7 Å². The molecule has 0 atom stereocenters. The molecule has 0 amide bonds. The first-order valence-electron chi connectivity index (χ1n) is 5.95. The lowest BCUT2D eigenvalue weighted by atomic mass is 10.2. The van der Waals surface area contributed by atoms with E-state index < -0.39 is 5.97 Å². The highest BCUT2D eigenvalue weighted by Crippen LogP contribution is 2.18. The van der Waals surface area contributed by atoms with Crippen LogP contribution in [0.15, 0.2) is 24.5 Å². The van der Waals surface area contributed by atoms with Gasteiger partial charge >= 0.3 is 5.97 Å². The quantitative estimate of drug-likeness (QED) is 0.889. The molecule has 0 spiro atoms. The summed E-state index contributed by atoms with van der Waals surface area (Å²) in [6.45, 7) is 4.90. The number of aromatic nitrogens is 3. The van der Waals surface area contributed by atoms with Crippen molar-refractivity contribution < 1.29 is 14.6 Å². The molecule has 0 fully saturated rings. The zero-order valence-corrected chi connectivity index (χ0v) is 10.8. The first-order chi connectivity index (χ1) is 9.11. The Hall–Kier alpha value is -2.37. The molecule has 0 saturated heterocycles. The molecular weight excluding hydrogens is 246 g/mol. The van der Waals surface area contributed by atoms with Gasteiger partial charge in [0.2, 0.25) is 0 Å². The van der Waals surface area contributed by atoms with Crippen LogP contribution in [0.5, 0.6) is 5.75 Å². The number of hydrogen-bond acceptors (Lipinski definition) is 4. The van der Waals surface area contributed by atoms with Crippen LogP contribution < -0.4 is 4.74 Å². The lowest BCUT2D eigenvalue weighted by molar-refractivity contribution is 0.0691. The third-order valence-corrected chi connectivity index (χ3v) is 2.68. The fraction of sp³-hybridized carbons (Fsp3) is 0.308. The van der Waals surface area contributed by atoms with Crippen molar-refractivity contribution in [1.82, 2.24) is 14.8 Å². The third kappa shape index (κ3) is 2.90. The van der Waals surface area contributed by atoms with Crippen molar-refractivity contribution in [2.24, 2.45) is 0 Å². The molecule has 0 aliphatic rings. The van der Waals surface area contributed by atoms with E-state index in [9.17, 15) is 4.79 Å². The number of hydrogen-bond donors (Lipinski definition) is 1. The van der Waals surface area contributed by atoms with Gasteiger partial charge in [0.25, 0.3) is 0 Å². The highest BCUT2D eigenvalue weighted by atomic mass is 16.5. The zero-order chi connectivity index (χ0) is 13.8. The Bertz CT molecular complexity index is 593. The number of pyridine rings is 1. The van der Waals surface area contributed by atoms with Crippen molar-refractivity contribution in [2.45, 2.75) is 27.0 Å². The molecule has 0 aromatic carbocycles. The van der Waals surface area contributed by atoms with E-state index in [2.05, 4.69) is 10.1 Å². The summed E-state index contributed by atoms with van der Waals surface area (Å²) in [5, 5.41) is 13.3. The minimum absolute atomic E-state index is 0.106. The number of carboxylic acid groups (broad SMARTS) is 1. The van der Waals surface area contributed by atoms with Crippen LogP contribution in [0, 0.1) is 6.92 Å². The number of carboxylic acids is 1. The molecule has 0 unspecified atom stereocenters. The SMILES string of the molecule is CCn1nc(C)cc1COc1cnccc1C(=O)O. The van der Waals surface area contributed by atoms with Crippen LogP contribution in [-0.2, 0) is 13.2 Å². The third-order valence-electron chi connectivity index (χ3n) is 2.68. The largest absolute Gasteiger partial charge is 0.485 e. The summed E-state index contributed by atoms with van der Waals surface area (Å²) in [6, 6.07) is 3.33. The average molecular weight is 261 g/mol. The van der Waals surface area contributed by atoms with Crippen molar-refractivity contribution in [3.63, 3.8) is 0 Å². The van der Waals surface area contributed by atoms with Gasteiger partial charge in [0.1, 0.15) is 12.2 Å². The lowest BCUT2D eigenvalue weighted by Gasteiger charge is -2.09. The second-order valence-corrected chi connectivity index (χ2v) is 4.06. The average Bonchev–Trinajstić information content (AvgIpc) is 2.77. The first-order valence-corrected chi connectivity index (χ1v) is 5.95. The Balaban J connectivity index is 2.16. The predicted molar refractivity (Wildman–Crippen MR) is 68.2 cm³/mol. The summed E-state index contributed by atoms with van der Waals surface area (Å²) in [4.78, 5) is 14.9. The van der Waals surface area contributed by atoms with Crippen LogP contribution in [0.4, 0.5) is 0 Å². The van der Waals surface area contributed by atoms with E-state index in [-0.39, 0.29) is 17.9 Å². The summed E-state index contributed by atoms with van der Waals surface area (Å²) < 4.78 is 7.36. The van der Waals surface area contributed by atoms with Crippen molar-refractivity contribution in [2.75, 3.05) is 0 Å². The van der Waals surface area contributed by atoms with E-state index in [1.165, 1.54) is 18.5 Å². The molecule has 0 aliphatic heterocycles. The van der Waals surface area contributed by atoms with Gasteiger partial charge in [-0.25, -0.2) is 4.79 Å². The number of carbonyl (C=O) groups is 1. The van der Waals surface area contributed by atoms with Gasteiger partial charge in [-0.15, -0.1) is 0 Å². The van der Waals surface area contributed by atoms with Crippen molar-refractivity contribution in [3.8, 4) is 5.75 Å². The smallest absolute Gasteiger partial charge is 0.339 e. The molecule has 6 nitrogen and oxygen atoms in total. The maximum atomic E-state index is 11.0. The molecule has 1 N–H and O–H groups in total. The Morgan fingerprint density at radius 3 is 3.00 bits per heavy atom. The molecule has 19 heavy (non-hydrogen) atoms. The van der Waals surface area contributed by atoms with Gasteiger partial charge in [-0.05, 0) is 26.0 Å². The normalized spacial score (nSPS) is 10.4. The van der Waals surface area contributed by atoms with Gasteiger partial charge in [0.05, 0.1) is 17.6 Å². The fourth-order valence-corrected chi connectivity index (χ4v) is 1.81. The van der Waals surface area contributed by atoms with E-state index in [0.717, 1.165) is 17.9 Å². The van der Waals surface area contributed by atoms with Gasteiger partial charge in [0, 0.05) is 12.7 Å². The summed E-state index contributed by atoms with van der Waals surface area (Å²) in [7, 11) is 0. The fourth-order valence-electron chi connectivity index (χ4n) is 1.81. The second kappa shape index (κ2) is 5.51. The molecule has 2 aromatic rings. The molecule has 0 bridgehead atoms. The summed E-state index contributed by atoms with van der Waals surface area (Å²) >= 11 is 0.